The molecule has 0 aromatic carbocycles. The number of hydrogen-bond acceptors (Lipinski definition) is 1. The molecule has 3 unspecified atom stereocenters. The Kier molecular flexibility index (Phi) is 2.12. The summed E-state index contributed by atoms with van der Waals surface area (Å²) >= 11 is 0. The van der Waals surface area contributed by atoms with Crippen LogP contribution in [-0.2, 0) is 4.79 Å². The molecule has 1 heteroatoms. The first kappa shape index (κ1) is 9.98. The van der Waals surface area contributed by atoms with Gasteiger partial charge in [0, 0.05) is 6.08 Å². The summed E-state index contributed by atoms with van der Waals surface area (Å²) in [6.07, 6.45) is 6.70. The van der Waals surface area contributed by atoms with Crippen LogP contribution in [0.3, 0.4) is 0 Å². The van der Waals surface area contributed by atoms with E-state index >= 15 is 0 Å². The molecule has 78 valence electrons. The highest BCUT2D eigenvalue weighted by atomic mass is 16.1. The van der Waals surface area contributed by atoms with E-state index < -0.39 is 0 Å². The maximum atomic E-state index is 10.3. The molecule has 0 N–H and O–H groups in total. The molecule has 14 heavy (non-hydrogen) atoms. The normalized spacial score (nSPS) is 43.6. The SMILES string of the molecule is CC1(C)C2CCC1(C)C(CC=C=O)C2. The van der Waals surface area contributed by atoms with E-state index in [-0.39, 0.29) is 0 Å². The molecule has 0 radical (unpaired) electrons. The van der Waals surface area contributed by atoms with Crippen molar-refractivity contribution < 1.29 is 4.79 Å². The second-order valence-electron chi connectivity index (χ2n) is 5.87. The minimum absolute atomic E-state index is 0.463. The summed E-state index contributed by atoms with van der Waals surface area (Å²) in [4.78, 5) is 10.3. The molecule has 0 spiro atoms. The standard InChI is InChI=1S/C13H20O/c1-12(2)10-6-7-13(12,3)11(9-10)5-4-8-14/h4,10-11H,5-7,9H2,1-3H3. The first-order chi connectivity index (χ1) is 6.52. The highest BCUT2D eigenvalue weighted by Crippen LogP contribution is 2.68. The molecular formula is C13H20O. The minimum atomic E-state index is 0.463. The van der Waals surface area contributed by atoms with Gasteiger partial charge in [0.25, 0.3) is 0 Å². The van der Waals surface area contributed by atoms with Crippen molar-refractivity contribution in [3.63, 3.8) is 0 Å². The summed E-state index contributed by atoms with van der Waals surface area (Å²) in [5.74, 6) is 3.53. The van der Waals surface area contributed by atoms with Crippen LogP contribution in [0.15, 0.2) is 6.08 Å². The van der Waals surface area contributed by atoms with Crippen molar-refractivity contribution in [2.24, 2.45) is 22.7 Å². The van der Waals surface area contributed by atoms with Gasteiger partial charge >= 0.3 is 0 Å². The highest BCUT2D eigenvalue weighted by molar-refractivity contribution is 5.44. The summed E-state index contributed by atoms with van der Waals surface area (Å²) in [5, 5.41) is 0. The summed E-state index contributed by atoms with van der Waals surface area (Å²) in [6.45, 7) is 7.24. The van der Waals surface area contributed by atoms with E-state index in [0.29, 0.717) is 10.8 Å². The molecule has 1 nitrogen and oxygen atoms in total. The zero-order valence-corrected chi connectivity index (χ0v) is 9.47. The molecule has 2 aliphatic rings. The quantitative estimate of drug-likeness (QED) is 0.614. The Bertz CT molecular complexity index is 286. The number of fused-ring (bicyclic) bond motifs is 2. The van der Waals surface area contributed by atoms with Crippen molar-refractivity contribution in [3.05, 3.63) is 6.08 Å². The largest absolute Gasteiger partial charge is 0.234 e. The average molecular weight is 192 g/mol. The topological polar surface area (TPSA) is 17.1 Å². The van der Waals surface area contributed by atoms with Crippen molar-refractivity contribution in [1.29, 1.82) is 0 Å². The van der Waals surface area contributed by atoms with E-state index in [9.17, 15) is 4.79 Å². The predicted molar refractivity (Wildman–Crippen MR) is 57.6 cm³/mol. The van der Waals surface area contributed by atoms with Gasteiger partial charge in [-0.1, -0.05) is 20.8 Å². The molecule has 3 atom stereocenters. The monoisotopic (exact) mass is 192 g/mol. The zero-order valence-electron chi connectivity index (χ0n) is 9.47. The number of allylic oxidation sites excluding steroid dienone is 1. The fourth-order valence-corrected chi connectivity index (χ4v) is 3.92. The Morgan fingerprint density at radius 1 is 1.43 bits per heavy atom. The third kappa shape index (κ3) is 1.05. The maximum Gasteiger partial charge on any atom is 0.120 e. The fraction of sp³-hybridized carbons (Fsp3) is 0.846. The molecule has 2 fully saturated rings. The van der Waals surface area contributed by atoms with Gasteiger partial charge in [-0.15, -0.1) is 0 Å². The van der Waals surface area contributed by atoms with Crippen LogP contribution < -0.4 is 0 Å². The molecule has 0 aromatic rings. The lowest BCUT2D eigenvalue weighted by Crippen LogP contribution is -2.32. The first-order valence-corrected chi connectivity index (χ1v) is 5.71. The Morgan fingerprint density at radius 2 is 2.14 bits per heavy atom. The summed E-state index contributed by atoms with van der Waals surface area (Å²) in [7, 11) is 0. The molecule has 2 aliphatic carbocycles. The van der Waals surface area contributed by atoms with Crippen LogP contribution in [0.25, 0.3) is 0 Å². The Morgan fingerprint density at radius 3 is 2.57 bits per heavy atom. The number of carbonyl (C=O) groups excluding carboxylic acids is 1. The molecular weight excluding hydrogens is 172 g/mol. The van der Waals surface area contributed by atoms with Crippen LogP contribution in [0.1, 0.15) is 46.5 Å². The Labute approximate surface area is 86.6 Å². The van der Waals surface area contributed by atoms with E-state index in [2.05, 4.69) is 20.8 Å². The van der Waals surface area contributed by atoms with Crippen LogP contribution >= 0.6 is 0 Å². The lowest BCUT2D eigenvalue weighted by atomic mass is 9.66. The van der Waals surface area contributed by atoms with Crippen molar-refractivity contribution in [3.8, 4) is 0 Å². The molecule has 2 saturated carbocycles. The third-order valence-corrected chi connectivity index (χ3v) is 5.46. The maximum absolute atomic E-state index is 10.3. The second-order valence-corrected chi connectivity index (χ2v) is 5.87. The van der Waals surface area contributed by atoms with Gasteiger partial charge in [-0.2, -0.15) is 0 Å². The average Bonchev–Trinajstić information content (AvgIpc) is 2.46. The minimum Gasteiger partial charge on any atom is -0.234 e. The van der Waals surface area contributed by atoms with Crippen LogP contribution in [0.5, 0.6) is 0 Å². The molecule has 2 bridgehead atoms. The number of rotatable bonds is 2. The zero-order chi connectivity index (χ0) is 10.4. The van der Waals surface area contributed by atoms with Gasteiger partial charge < -0.3 is 0 Å². The van der Waals surface area contributed by atoms with Crippen LogP contribution in [-0.4, -0.2) is 5.94 Å². The molecule has 2 rings (SSSR count). The first-order valence-electron chi connectivity index (χ1n) is 5.71. The summed E-state index contributed by atoms with van der Waals surface area (Å²) < 4.78 is 0. The van der Waals surface area contributed by atoms with Crippen molar-refractivity contribution >= 4 is 5.94 Å². The molecule has 0 aliphatic heterocycles. The van der Waals surface area contributed by atoms with Gasteiger partial charge in [-0.05, 0) is 48.3 Å². The van der Waals surface area contributed by atoms with E-state index in [4.69, 9.17) is 0 Å². The lowest BCUT2D eigenvalue weighted by molar-refractivity contribution is 0.104. The van der Waals surface area contributed by atoms with E-state index in [1.165, 1.54) is 19.3 Å². The van der Waals surface area contributed by atoms with Gasteiger partial charge in [-0.25, -0.2) is 4.79 Å². The third-order valence-electron chi connectivity index (χ3n) is 5.46. The van der Waals surface area contributed by atoms with Crippen molar-refractivity contribution in [1.82, 2.24) is 0 Å². The van der Waals surface area contributed by atoms with Crippen LogP contribution in [0, 0.1) is 22.7 Å². The van der Waals surface area contributed by atoms with E-state index in [0.717, 1.165) is 18.3 Å². The van der Waals surface area contributed by atoms with Crippen molar-refractivity contribution in [2.45, 2.75) is 46.5 Å². The summed E-state index contributed by atoms with van der Waals surface area (Å²) in [5.41, 5.74) is 0.944. The van der Waals surface area contributed by atoms with Gasteiger partial charge in [-0.3, -0.25) is 0 Å². The molecule has 0 amide bonds. The van der Waals surface area contributed by atoms with Gasteiger partial charge in [0.2, 0.25) is 0 Å². The summed E-state index contributed by atoms with van der Waals surface area (Å²) in [6, 6.07) is 0. The van der Waals surface area contributed by atoms with E-state index in [1.807, 2.05) is 5.94 Å². The highest BCUT2D eigenvalue weighted by Gasteiger charge is 2.60. The number of hydrogen-bond donors (Lipinski definition) is 0. The van der Waals surface area contributed by atoms with Gasteiger partial charge in [0.15, 0.2) is 0 Å². The van der Waals surface area contributed by atoms with Crippen molar-refractivity contribution in [2.75, 3.05) is 0 Å². The Balaban J connectivity index is 2.22. The smallest absolute Gasteiger partial charge is 0.120 e. The molecule has 0 aromatic heterocycles. The molecule has 0 heterocycles. The fourth-order valence-electron chi connectivity index (χ4n) is 3.92. The van der Waals surface area contributed by atoms with Crippen LogP contribution in [0.2, 0.25) is 0 Å². The lowest BCUT2D eigenvalue weighted by Gasteiger charge is -2.39. The Hall–Kier alpha value is -0.550. The van der Waals surface area contributed by atoms with Gasteiger partial charge in [0.1, 0.15) is 5.94 Å². The molecule has 0 saturated heterocycles. The van der Waals surface area contributed by atoms with Crippen LogP contribution in [0.4, 0.5) is 0 Å². The second kappa shape index (κ2) is 2.97. The van der Waals surface area contributed by atoms with E-state index in [1.54, 1.807) is 6.08 Å². The van der Waals surface area contributed by atoms with Gasteiger partial charge in [0.05, 0.1) is 0 Å². The predicted octanol–water partition coefficient (Wildman–Crippen LogP) is 3.23.